The number of carbonyl (C=O) groups is 1. The SMILES string of the molecule is COc1cc(C)c([C@@H](C)NC(=O)c2ccccc2SCc2noc(C)n2)cc1OC. The fourth-order valence-electron chi connectivity index (χ4n) is 3.14. The van der Waals surface area contributed by atoms with Crippen LogP contribution in [-0.2, 0) is 5.75 Å². The Morgan fingerprint density at radius 2 is 1.87 bits per heavy atom. The third-order valence-corrected chi connectivity index (χ3v) is 5.71. The number of benzene rings is 2. The number of nitrogens with one attached hydrogen (secondary N) is 1. The van der Waals surface area contributed by atoms with Crippen molar-refractivity contribution in [3.63, 3.8) is 0 Å². The van der Waals surface area contributed by atoms with E-state index < -0.39 is 0 Å². The summed E-state index contributed by atoms with van der Waals surface area (Å²) in [5.41, 5.74) is 2.58. The smallest absolute Gasteiger partial charge is 0.252 e. The number of carbonyl (C=O) groups excluding carboxylic acids is 1. The highest BCUT2D eigenvalue weighted by atomic mass is 32.2. The lowest BCUT2D eigenvalue weighted by Gasteiger charge is -2.20. The minimum absolute atomic E-state index is 0.149. The number of methoxy groups -OCH3 is 2. The van der Waals surface area contributed by atoms with Crippen LogP contribution in [0.5, 0.6) is 11.5 Å². The molecule has 0 unspecified atom stereocenters. The molecule has 1 atom stereocenters. The van der Waals surface area contributed by atoms with Crippen LogP contribution in [0.3, 0.4) is 0 Å². The van der Waals surface area contributed by atoms with Crippen molar-refractivity contribution in [3.05, 3.63) is 64.8 Å². The molecule has 7 nitrogen and oxygen atoms in total. The number of ether oxygens (including phenoxy) is 2. The van der Waals surface area contributed by atoms with Gasteiger partial charge in [-0.15, -0.1) is 11.8 Å². The largest absolute Gasteiger partial charge is 0.493 e. The van der Waals surface area contributed by atoms with E-state index in [2.05, 4.69) is 15.5 Å². The van der Waals surface area contributed by atoms with Crippen LogP contribution in [-0.4, -0.2) is 30.3 Å². The summed E-state index contributed by atoms with van der Waals surface area (Å²) in [5.74, 6) is 2.79. The highest BCUT2D eigenvalue weighted by Crippen LogP contribution is 2.33. The fourth-order valence-corrected chi connectivity index (χ4v) is 4.03. The Bertz CT molecular complexity index is 1030. The molecule has 0 radical (unpaired) electrons. The molecule has 1 N–H and O–H groups in total. The topological polar surface area (TPSA) is 86.5 Å². The summed E-state index contributed by atoms with van der Waals surface area (Å²) < 4.78 is 15.8. The zero-order valence-electron chi connectivity index (χ0n) is 17.7. The number of hydrogen-bond acceptors (Lipinski definition) is 7. The summed E-state index contributed by atoms with van der Waals surface area (Å²) >= 11 is 1.50. The maximum atomic E-state index is 13.0. The second-order valence-corrected chi connectivity index (χ2v) is 7.79. The molecule has 1 aromatic heterocycles. The molecule has 0 fully saturated rings. The van der Waals surface area contributed by atoms with E-state index in [0.717, 1.165) is 16.0 Å². The number of rotatable bonds is 8. The molecule has 0 saturated heterocycles. The summed E-state index contributed by atoms with van der Waals surface area (Å²) in [6, 6.07) is 11.1. The van der Waals surface area contributed by atoms with E-state index >= 15 is 0 Å². The third kappa shape index (κ3) is 4.94. The highest BCUT2D eigenvalue weighted by Gasteiger charge is 2.18. The van der Waals surface area contributed by atoms with Crippen LogP contribution >= 0.6 is 11.8 Å². The number of aryl methyl sites for hydroxylation is 2. The number of hydrogen-bond donors (Lipinski definition) is 1. The average molecular weight is 428 g/mol. The van der Waals surface area contributed by atoms with Crippen molar-refractivity contribution in [1.29, 1.82) is 0 Å². The van der Waals surface area contributed by atoms with Crippen LogP contribution < -0.4 is 14.8 Å². The first-order valence-corrected chi connectivity index (χ1v) is 10.5. The summed E-state index contributed by atoms with van der Waals surface area (Å²) in [7, 11) is 3.20. The van der Waals surface area contributed by atoms with Gasteiger partial charge in [0.05, 0.1) is 31.6 Å². The number of amides is 1. The van der Waals surface area contributed by atoms with E-state index in [4.69, 9.17) is 14.0 Å². The third-order valence-electron chi connectivity index (χ3n) is 4.64. The molecule has 3 rings (SSSR count). The van der Waals surface area contributed by atoms with Gasteiger partial charge in [0.1, 0.15) is 0 Å². The predicted molar refractivity (Wildman–Crippen MR) is 115 cm³/mol. The van der Waals surface area contributed by atoms with E-state index in [-0.39, 0.29) is 11.9 Å². The van der Waals surface area contributed by atoms with Crippen molar-refractivity contribution in [2.75, 3.05) is 14.2 Å². The van der Waals surface area contributed by atoms with Gasteiger partial charge in [0.2, 0.25) is 5.89 Å². The molecular weight excluding hydrogens is 402 g/mol. The van der Waals surface area contributed by atoms with Gasteiger partial charge in [-0.2, -0.15) is 4.98 Å². The van der Waals surface area contributed by atoms with E-state index in [1.165, 1.54) is 11.8 Å². The first kappa shape index (κ1) is 21.7. The van der Waals surface area contributed by atoms with Crippen molar-refractivity contribution in [1.82, 2.24) is 15.5 Å². The second kappa shape index (κ2) is 9.67. The Hall–Kier alpha value is -3.00. The van der Waals surface area contributed by atoms with E-state index in [0.29, 0.717) is 34.5 Å². The second-order valence-electron chi connectivity index (χ2n) is 6.77. The molecule has 30 heavy (non-hydrogen) atoms. The van der Waals surface area contributed by atoms with Crippen LogP contribution in [0, 0.1) is 13.8 Å². The van der Waals surface area contributed by atoms with Crippen molar-refractivity contribution in [2.45, 2.75) is 37.5 Å². The zero-order chi connectivity index (χ0) is 21.7. The Morgan fingerprint density at radius 3 is 2.53 bits per heavy atom. The van der Waals surface area contributed by atoms with Gasteiger partial charge in [0.25, 0.3) is 5.91 Å². The molecule has 2 aromatic carbocycles. The lowest BCUT2D eigenvalue weighted by atomic mass is 10.0. The molecule has 3 aromatic rings. The van der Waals surface area contributed by atoms with Gasteiger partial charge < -0.3 is 19.3 Å². The van der Waals surface area contributed by atoms with Gasteiger partial charge in [0.15, 0.2) is 17.3 Å². The molecular formula is C22H25N3O4S. The Balaban J connectivity index is 1.76. The van der Waals surface area contributed by atoms with Crippen LogP contribution in [0.2, 0.25) is 0 Å². The van der Waals surface area contributed by atoms with E-state index in [1.807, 2.05) is 50.2 Å². The van der Waals surface area contributed by atoms with Crippen molar-refractivity contribution < 1.29 is 18.8 Å². The highest BCUT2D eigenvalue weighted by molar-refractivity contribution is 7.98. The van der Waals surface area contributed by atoms with Gasteiger partial charge in [0, 0.05) is 11.8 Å². The summed E-state index contributed by atoms with van der Waals surface area (Å²) in [5, 5.41) is 6.99. The zero-order valence-corrected chi connectivity index (χ0v) is 18.5. The lowest BCUT2D eigenvalue weighted by Crippen LogP contribution is -2.27. The molecule has 0 aliphatic carbocycles. The quantitative estimate of drug-likeness (QED) is 0.530. The van der Waals surface area contributed by atoms with Gasteiger partial charge >= 0.3 is 0 Å². The van der Waals surface area contributed by atoms with Crippen molar-refractivity contribution in [3.8, 4) is 11.5 Å². The van der Waals surface area contributed by atoms with Gasteiger partial charge in [-0.25, -0.2) is 0 Å². The van der Waals surface area contributed by atoms with Crippen LogP contribution in [0.1, 0.15) is 46.2 Å². The molecule has 0 saturated carbocycles. The monoisotopic (exact) mass is 427 g/mol. The Morgan fingerprint density at radius 1 is 1.17 bits per heavy atom. The predicted octanol–water partition coefficient (Wildman–Crippen LogP) is 4.49. The first-order chi connectivity index (χ1) is 14.4. The molecule has 0 aliphatic heterocycles. The summed E-state index contributed by atoms with van der Waals surface area (Å²) in [6.45, 7) is 5.68. The standard InChI is InChI=1S/C22H25N3O4S/c1-13-10-18(27-4)19(28-5)11-17(13)14(2)23-22(26)16-8-6-7-9-20(16)30-12-21-24-15(3)29-25-21/h6-11,14H,12H2,1-5H3,(H,23,26)/t14-/m1/s1. The maximum absolute atomic E-state index is 13.0. The molecule has 158 valence electrons. The maximum Gasteiger partial charge on any atom is 0.252 e. The molecule has 8 heteroatoms. The Labute approximate surface area is 180 Å². The van der Waals surface area contributed by atoms with Crippen LogP contribution in [0.4, 0.5) is 0 Å². The van der Waals surface area contributed by atoms with Crippen molar-refractivity contribution >= 4 is 17.7 Å². The molecule has 0 bridgehead atoms. The normalized spacial score (nSPS) is 11.8. The van der Waals surface area contributed by atoms with E-state index in [9.17, 15) is 4.79 Å². The lowest BCUT2D eigenvalue weighted by molar-refractivity contribution is 0.0937. The molecule has 1 heterocycles. The number of nitrogens with zero attached hydrogens (tertiary/aromatic N) is 2. The summed E-state index contributed by atoms with van der Waals surface area (Å²) in [6.07, 6.45) is 0. The first-order valence-electron chi connectivity index (χ1n) is 9.47. The number of thioether (sulfide) groups is 1. The fraction of sp³-hybridized carbons (Fsp3) is 0.318. The molecule has 0 spiro atoms. The van der Waals surface area contributed by atoms with E-state index in [1.54, 1.807) is 21.1 Å². The summed E-state index contributed by atoms with van der Waals surface area (Å²) in [4.78, 5) is 18.1. The van der Waals surface area contributed by atoms with Crippen molar-refractivity contribution in [2.24, 2.45) is 0 Å². The molecule has 1 amide bonds. The van der Waals surface area contributed by atoms with Gasteiger partial charge in [-0.3, -0.25) is 4.79 Å². The Kier molecular flexibility index (Phi) is 6.99. The van der Waals surface area contributed by atoms with Crippen LogP contribution in [0.25, 0.3) is 0 Å². The number of aromatic nitrogens is 2. The average Bonchev–Trinajstić information content (AvgIpc) is 3.17. The minimum Gasteiger partial charge on any atom is -0.493 e. The minimum atomic E-state index is -0.213. The van der Waals surface area contributed by atoms with Crippen LogP contribution in [0.15, 0.2) is 45.8 Å². The molecule has 0 aliphatic rings. The van der Waals surface area contributed by atoms with Gasteiger partial charge in [-0.1, -0.05) is 17.3 Å². The van der Waals surface area contributed by atoms with Gasteiger partial charge in [-0.05, 0) is 49.2 Å².